The molecule has 1 aromatic carbocycles. The van der Waals surface area contributed by atoms with Gasteiger partial charge in [0.25, 0.3) is 0 Å². The van der Waals surface area contributed by atoms with Crippen molar-refractivity contribution >= 4 is 51.5 Å². The molecule has 5 nitrogen and oxygen atoms in total. The predicted octanol–water partition coefficient (Wildman–Crippen LogP) is 4.76. The van der Waals surface area contributed by atoms with Gasteiger partial charge in [-0.25, -0.2) is 4.79 Å². The van der Waals surface area contributed by atoms with Crippen LogP contribution in [0.25, 0.3) is 0 Å². The molecule has 148 valence electrons. The van der Waals surface area contributed by atoms with Gasteiger partial charge in [-0.1, -0.05) is 19.2 Å². The molecule has 8 heteroatoms. The molecular weight excluding hydrogens is 503 g/mol. The predicted molar refractivity (Wildman–Crippen MR) is 119 cm³/mol. The lowest BCUT2D eigenvalue weighted by Gasteiger charge is -2.23. The monoisotopic (exact) mass is 518 g/mol. The highest BCUT2D eigenvalue weighted by atomic mass is 79.9. The van der Waals surface area contributed by atoms with Crippen LogP contribution in [-0.4, -0.2) is 36.4 Å². The number of rotatable bonds is 6. The summed E-state index contributed by atoms with van der Waals surface area (Å²) in [5, 5.41) is 19.2. The van der Waals surface area contributed by atoms with Gasteiger partial charge in [-0.05, 0) is 80.0 Å². The van der Waals surface area contributed by atoms with Crippen LogP contribution in [-0.2, 0) is 9.59 Å². The van der Waals surface area contributed by atoms with Crippen molar-refractivity contribution in [3.8, 4) is 11.5 Å². The molecule has 0 unspecified atom stereocenters. The Balaban J connectivity index is 2.48. The number of phenolic OH excluding ortho intramolecular Hbond substituents is 1. The zero-order valence-corrected chi connectivity index (χ0v) is 19.0. The largest absolute Gasteiger partial charge is 0.505 e. The summed E-state index contributed by atoms with van der Waals surface area (Å²) in [7, 11) is 5.85. The second kappa shape index (κ2) is 9.01. The van der Waals surface area contributed by atoms with E-state index < -0.39 is 5.97 Å². The standard InChI is InChI=1S/C21H17BBr2O5/c1-9(11(3)21(27)28)10(2)13-7-15(22)19(25)12(4)14(13)8-29-17-6-5-16(23)20(26)18(17)24/h5-7,26H,1,3,8H2,2,4H3,(H,27,28)/b13-10+. The van der Waals surface area contributed by atoms with E-state index >= 15 is 0 Å². The minimum Gasteiger partial charge on any atom is -0.505 e. The van der Waals surface area contributed by atoms with Crippen molar-refractivity contribution in [3.05, 3.63) is 79.2 Å². The highest BCUT2D eigenvalue weighted by Gasteiger charge is 2.24. The summed E-state index contributed by atoms with van der Waals surface area (Å²) >= 11 is 6.49. The number of aliphatic carboxylic acids is 1. The Morgan fingerprint density at radius 1 is 1.24 bits per heavy atom. The van der Waals surface area contributed by atoms with Gasteiger partial charge < -0.3 is 14.9 Å². The molecule has 0 aliphatic heterocycles. The molecule has 0 fully saturated rings. The van der Waals surface area contributed by atoms with Gasteiger partial charge in [-0.2, -0.15) is 0 Å². The van der Waals surface area contributed by atoms with Crippen LogP contribution >= 0.6 is 31.9 Å². The second-order valence-electron chi connectivity index (χ2n) is 6.33. The fraction of sp³-hybridized carbons (Fsp3) is 0.143. The number of carboxylic acid groups (broad SMARTS) is 1. The van der Waals surface area contributed by atoms with E-state index in [9.17, 15) is 19.8 Å². The van der Waals surface area contributed by atoms with E-state index in [2.05, 4.69) is 45.0 Å². The first-order chi connectivity index (χ1) is 13.5. The van der Waals surface area contributed by atoms with Gasteiger partial charge in [-0.15, -0.1) is 0 Å². The first-order valence-electron chi connectivity index (χ1n) is 8.31. The lowest BCUT2D eigenvalue weighted by atomic mass is 9.77. The van der Waals surface area contributed by atoms with E-state index in [1.165, 1.54) is 6.08 Å². The van der Waals surface area contributed by atoms with Gasteiger partial charge in [0.1, 0.15) is 30.4 Å². The van der Waals surface area contributed by atoms with Gasteiger partial charge in [0.15, 0.2) is 5.78 Å². The number of carbonyl (C=O) groups excluding carboxylic acids is 1. The third-order valence-electron chi connectivity index (χ3n) is 4.56. The molecule has 2 rings (SSSR count). The van der Waals surface area contributed by atoms with Crippen LogP contribution in [0.3, 0.4) is 0 Å². The molecule has 2 N–H and O–H groups in total. The van der Waals surface area contributed by atoms with Crippen molar-refractivity contribution in [1.29, 1.82) is 0 Å². The minimum atomic E-state index is -1.19. The van der Waals surface area contributed by atoms with Gasteiger partial charge in [0.2, 0.25) is 0 Å². The average molecular weight is 520 g/mol. The molecule has 0 aromatic heterocycles. The van der Waals surface area contributed by atoms with Crippen molar-refractivity contribution in [2.45, 2.75) is 13.8 Å². The van der Waals surface area contributed by atoms with Gasteiger partial charge in [0.05, 0.1) is 10.0 Å². The van der Waals surface area contributed by atoms with E-state index in [0.717, 1.165) is 0 Å². The Bertz CT molecular complexity index is 1050. The molecule has 0 saturated carbocycles. The molecule has 2 radical (unpaired) electrons. The number of phenols is 1. The SMILES string of the molecule is [B]C1=C/C(=C(/C)C(=C)C(=C)C(=O)O)C(COc2ccc(Br)c(O)c2Br)=C(C)C1=O. The Kier molecular flexibility index (Phi) is 7.13. The van der Waals surface area contributed by atoms with E-state index in [1.54, 1.807) is 26.0 Å². The van der Waals surface area contributed by atoms with Crippen LogP contribution < -0.4 is 4.74 Å². The maximum Gasteiger partial charge on any atom is 0.335 e. The summed E-state index contributed by atoms with van der Waals surface area (Å²) < 4.78 is 6.67. The van der Waals surface area contributed by atoms with Crippen LogP contribution in [0.15, 0.2) is 79.2 Å². The molecule has 0 spiro atoms. The maximum absolute atomic E-state index is 12.4. The number of ether oxygens (including phenoxy) is 1. The Labute approximate surface area is 186 Å². The minimum absolute atomic E-state index is 0.0134. The third-order valence-corrected chi connectivity index (χ3v) is 5.97. The number of carbonyl (C=O) groups is 2. The highest BCUT2D eigenvalue weighted by Crippen LogP contribution is 2.40. The van der Waals surface area contributed by atoms with Crippen LogP contribution in [0.2, 0.25) is 0 Å². The average Bonchev–Trinajstić information content (AvgIpc) is 2.68. The number of Topliss-reactive ketones (excluding diaryl/α,β-unsaturated/α-hetero) is 1. The zero-order valence-electron chi connectivity index (χ0n) is 15.8. The molecule has 1 aromatic rings. The number of hydrogen-bond donors (Lipinski definition) is 2. The summed E-state index contributed by atoms with van der Waals surface area (Å²) in [6, 6.07) is 3.28. The Morgan fingerprint density at radius 3 is 2.45 bits per heavy atom. The van der Waals surface area contributed by atoms with Crippen LogP contribution in [0.4, 0.5) is 0 Å². The number of ketones is 1. The number of allylic oxidation sites excluding steroid dienone is 4. The lowest BCUT2D eigenvalue weighted by molar-refractivity contribution is -0.132. The number of aromatic hydroxyl groups is 1. The first-order valence-corrected chi connectivity index (χ1v) is 9.90. The maximum atomic E-state index is 12.4. The molecule has 1 aliphatic rings. The van der Waals surface area contributed by atoms with Gasteiger partial charge in [0, 0.05) is 11.1 Å². The highest BCUT2D eigenvalue weighted by molar-refractivity contribution is 9.11. The van der Waals surface area contributed by atoms with Crippen LogP contribution in [0.1, 0.15) is 13.8 Å². The Hall–Kier alpha value is -2.32. The lowest BCUT2D eigenvalue weighted by Crippen LogP contribution is -2.18. The summed E-state index contributed by atoms with van der Waals surface area (Å²) in [5.74, 6) is -1.17. The van der Waals surface area contributed by atoms with Crippen molar-refractivity contribution in [3.63, 3.8) is 0 Å². The fourth-order valence-electron chi connectivity index (χ4n) is 2.69. The molecule has 0 atom stereocenters. The quantitative estimate of drug-likeness (QED) is 0.321. The summed E-state index contributed by atoms with van der Waals surface area (Å²) in [4.78, 5) is 23.6. The summed E-state index contributed by atoms with van der Waals surface area (Å²) in [6.45, 7) is 10.6. The van der Waals surface area contributed by atoms with E-state index in [1.807, 2.05) is 0 Å². The third kappa shape index (κ3) is 4.65. The second-order valence-corrected chi connectivity index (χ2v) is 7.98. The molecule has 0 amide bonds. The normalized spacial score (nSPS) is 15.7. The van der Waals surface area contributed by atoms with Crippen molar-refractivity contribution in [2.24, 2.45) is 0 Å². The van der Waals surface area contributed by atoms with Gasteiger partial charge in [-0.3, -0.25) is 4.79 Å². The molecule has 0 saturated heterocycles. The molecule has 0 bridgehead atoms. The number of hydrogen-bond acceptors (Lipinski definition) is 4. The number of halogens is 2. The Morgan fingerprint density at radius 2 is 1.86 bits per heavy atom. The summed E-state index contributed by atoms with van der Waals surface area (Å²) in [5.41, 5.74) is 2.08. The van der Waals surface area contributed by atoms with E-state index in [4.69, 9.17) is 12.6 Å². The summed E-state index contributed by atoms with van der Waals surface area (Å²) in [6.07, 6.45) is 1.48. The van der Waals surface area contributed by atoms with Crippen molar-refractivity contribution < 1.29 is 24.5 Å². The van der Waals surface area contributed by atoms with Crippen LogP contribution in [0.5, 0.6) is 11.5 Å². The van der Waals surface area contributed by atoms with Gasteiger partial charge >= 0.3 is 5.97 Å². The van der Waals surface area contributed by atoms with Crippen molar-refractivity contribution in [1.82, 2.24) is 0 Å². The molecular formula is C21H17BBr2O5. The zero-order chi connectivity index (χ0) is 22.0. The smallest absolute Gasteiger partial charge is 0.335 e. The number of carboxylic acids is 1. The molecule has 1 aliphatic carbocycles. The topological polar surface area (TPSA) is 83.8 Å². The van der Waals surface area contributed by atoms with E-state index in [-0.39, 0.29) is 34.8 Å². The molecule has 0 heterocycles. The number of benzene rings is 1. The first kappa shape index (κ1) is 23.0. The van der Waals surface area contributed by atoms with Crippen molar-refractivity contribution in [2.75, 3.05) is 6.61 Å². The fourth-order valence-corrected chi connectivity index (χ4v) is 3.74. The molecule has 29 heavy (non-hydrogen) atoms. The van der Waals surface area contributed by atoms with E-state index in [0.29, 0.717) is 37.0 Å². The van der Waals surface area contributed by atoms with Crippen LogP contribution in [0, 0.1) is 0 Å².